The van der Waals surface area contributed by atoms with Crippen molar-refractivity contribution in [3.63, 3.8) is 0 Å². The largest absolute Gasteiger partial charge is 0.399 e. The van der Waals surface area contributed by atoms with Gasteiger partial charge in [0.1, 0.15) is 0 Å². The number of nitrogen functional groups attached to an aromatic ring is 1. The highest BCUT2D eigenvalue weighted by atomic mass is 35.5. The summed E-state index contributed by atoms with van der Waals surface area (Å²) in [6, 6.07) is 10.8. The van der Waals surface area contributed by atoms with E-state index in [0.717, 1.165) is 16.1 Å². The number of aryl methyl sites for hydroxylation is 1. The molecule has 6 heteroatoms. The minimum atomic E-state index is -0.140. The fourth-order valence-electron chi connectivity index (χ4n) is 1.67. The van der Waals surface area contributed by atoms with Gasteiger partial charge in [-0.15, -0.1) is 11.8 Å². The molecular weight excluding hydrogens is 327 g/mol. The first-order valence-electron chi connectivity index (χ1n) is 6.20. The quantitative estimate of drug-likeness (QED) is 0.630. The maximum atomic E-state index is 11.9. The van der Waals surface area contributed by atoms with Crippen LogP contribution in [0.3, 0.4) is 0 Å². The van der Waals surface area contributed by atoms with Crippen molar-refractivity contribution in [2.45, 2.75) is 11.8 Å². The van der Waals surface area contributed by atoms with Crippen molar-refractivity contribution in [2.75, 3.05) is 16.8 Å². The summed E-state index contributed by atoms with van der Waals surface area (Å²) in [7, 11) is 0. The van der Waals surface area contributed by atoms with E-state index in [2.05, 4.69) is 5.32 Å². The number of hydrogen-bond acceptors (Lipinski definition) is 3. The smallest absolute Gasteiger partial charge is 0.234 e. The van der Waals surface area contributed by atoms with Crippen LogP contribution >= 0.6 is 35.0 Å². The maximum absolute atomic E-state index is 11.9. The molecule has 0 bridgehead atoms. The van der Waals surface area contributed by atoms with Crippen molar-refractivity contribution >= 4 is 52.2 Å². The number of anilines is 2. The standard InChI is InChI=1S/C15H14Cl2N2OS/c1-9-7-10(5-6-12(9)18)21-8-14(20)19-13-4-2-3-11(16)15(13)17/h2-7H,8,18H2,1H3,(H,19,20). The molecule has 0 spiro atoms. The zero-order chi connectivity index (χ0) is 15.4. The molecule has 0 aromatic heterocycles. The van der Waals surface area contributed by atoms with Crippen LogP contribution in [-0.4, -0.2) is 11.7 Å². The second-order valence-electron chi connectivity index (χ2n) is 4.46. The Balaban J connectivity index is 1.96. The molecule has 0 saturated carbocycles. The van der Waals surface area contributed by atoms with Crippen LogP contribution in [0.25, 0.3) is 0 Å². The van der Waals surface area contributed by atoms with Crippen molar-refractivity contribution in [1.29, 1.82) is 0 Å². The Morgan fingerprint density at radius 1 is 1.29 bits per heavy atom. The third-order valence-corrected chi connectivity index (χ3v) is 4.65. The summed E-state index contributed by atoms with van der Waals surface area (Å²) in [5.74, 6) is 0.144. The molecule has 0 atom stereocenters. The van der Waals surface area contributed by atoms with E-state index in [1.54, 1.807) is 18.2 Å². The van der Waals surface area contributed by atoms with Gasteiger partial charge in [-0.1, -0.05) is 29.3 Å². The summed E-state index contributed by atoms with van der Waals surface area (Å²) in [5, 5.41) is 3.51. The average molecular weight is 341 g/mol. The lowest BCUT2D eigenvalue weighted by Gasteiger charge is -2.08. The summed E-state index contributed by atoms with van der Waals surface area (Å²) in [4.78, 5) is 12.9. The van der Waals surface area contributed by atoms with Crippen molar-refractivity contribution in [2.24, 2.45) is 0 Å². The summed E-state index contributed by atoms with van der Waals surface area (Å²) >= 11 is 13.4. The molecule has 0 radical (unpaired) electrons. The number of hydrogen-bond donors (Lipinski definition) is 2. The monoisotopic (exact) mass is 340 g/mol. The Morgan fingerprint density at radius 3 is 2.76 bits per heavy atom. The van der Waals surface area contributed by atoms with Gasteiger partial charge in [-0.3, -0.25) is 4.79 Å². The fourth-order valence-corrected chi connectivity index (χ4v) is 2.82. The molecule has 0 heterocycles. The first-order chi connectivity index (χ1) is 9.97. The number of nitrogens with one attached hydrogen (secondary N) is 1. The highest BCUT2D eigenvalue weighted by Gasteiger charge is 2.09. The highest BCUT2D eigenvalue weighted by Crippen LogP contribution is 2.30. The molecule has 0 aliphatic carbocycles. The zero-order valence-corrected chi connectivity index (χ0v) is 13.6. The Kier molecular flexibility index (Phi) is 5.39. The maximum Gasteiger partial charge on any atom is 0.234 e. The number of carbonyl (C=O) groups excluding carboxylic acids is 1. The fraction of sp³-hybridized carbons (Fsp3) is 0.133. The van der Waals surface area contributed by atoms with Gasteiger partial charge in [0.25, 0.3) is 0 Å². The van der Waals surface area contributed by atoms with E-state index in [-0.39, 0.29) is 11.7 Å². The summed E-state index contributed by atoms with van der Waals surface area (Å²) in [6.45, 7) is 1.94. The van der Waals surface area contributed by atoms with Crippen LogP contribution in [0.15, 0.2) is 41.3 Å². The number of halogens is 2. The lowest BCUT2D eigenvalue weighted by Crippen LogP contribution is -2.14. The predicted octanol–water partition coefficient (Wildman–Crippen LogP) is 4.61. The van der Waals surface area contributed by atoms with E-state index in [1.807, 2.05) is 25.1 Å². The zero-order valence-electron chi connectivity index (χ0n) is 11.3. The second kappa shape index (κ2) is 7.07. The molecule has 0 unspecified atom stereocenters. The Bertz CT molecular complexity index is 677. The number of carbonyl (C=O) groups is 1. The molecule has 1 amide bonds. The van der Waals surface area contributed by atoms with Gasteiger partial charge in [-0.05, 0) is 42.8 Å². The third-order valence-electron chi connectivity index (χ3n) is 2.84. The van der Waals surface area contributed by atoms with Gasteiger partial charge in [0.15, 0.2) is 0 Å². The van der Waals surface area contributed by atoms with Crippen LogP contribution in [0.5, 0.6) is 0 Å². The van der Waals surface area contributed by atoms with Crippen LogP contribution in [0, 0.1) is 6.92 Å². The predicted molar refractivity (Wildman–Crippen MR) is 91.4 cm³/mol. The Hall–Kier alpha value is -1.36. The lowest BCUT2D eigenvalue weighted by atomic mass is 10.2. The molecule has 2 rings (SSSR count). The van der Waals surface area contributed by atoms with Crippen LogP contribution in [0.2, 0.25) is 10.0 Å². The van der Waals surface area contributed by atoms with E-state index >= 15 is 0 Å². The molecule has 2 aromatic carbocycles. The average Bonchev–Trinajstić information content (AvgIpc) is 2.45. The van der Waals surface area contributed by atoms with Crippen LogP contribution in [0.4, 0.5) is 11.4 Å². The second-order valence-corrected chi connectivity index (χ2v) is 6.29. The van der Waals surface area contributed by atoms with E-state index in [9.17, 15) is 4.79 Å². The number of thioether (sulfide) groups is 1. The van der Waals surface area contributed by atoms with E-state index in [0.29, 0.717) is 15.7 Å². The molecule has 3 N–H and O–H groups in total. The third kappa shape index (κ3) is 4.30. The lowest BCUT2D eigenvalue weighted by molar-refractivity contribution is -0.113. The van der Waals surface area contributed by atoms with Gasteiger partial charge in [0, 0.05) is 10.6 Å². The van der Waals surface area contributed by atoms with Gasteiger partial charge in [-0.2, -0.15) is 0 Å². The van der Waals surface area contributed by atoms with Gasteiger partial charge >= 0.3 is 0 Å². The molecule has 2 aromatic rings. The van der Waals surface area contributed by atoms with Crippen LogP contribution in [-0.2, 0) is 4.79 Å². The van der Waals surface area contributed by atoms with Crippen molar-refractivity contribution in [3.8, 4) is 0 Å². The molecular formula is C15H14Cl2N2OS. The van der Waals surface area contributed by atoms with Crippen molar-refractivity contribution in [1.82, 2.24) is 0 Å². The first kappa shape index (κ1) is 16.0. The van der Waals surface area contributed by atoms with Gasteiger partial charge in [0.2, 0.25) is 5.91 Å². The molecule has 0 aliphatic heterocycles. The van der Waals surface area contributed by atoms with Crippen LogP contribution < -0.4 is 11.1 Å². The molecule has 21 heavy (non-hydrogen) atoms. The highest BCUT2D eigenvalue weighted by molar-refractivity contribution is 8.00. The van der Waals surface area contributed by atoms with E-state index < -0.39 is 0 Å². The molecule has 0 saturated heterocycles. The van der Waals surface area contributed by atoms with Gasteiger partial charge < -0.3 is 11.1 Å². The molecule has 0 aliphatic rings. The molecule has 3 nitrogen and oxygen atoms in total. The van der Waals surface area contributed by atoms with E-state index in [4.69, 9.17) is 28.9 Å². The summed E-state index contributed by atoms with van der Waals surface area (Å²) in [6.07, 6.45) is 0. The topological polar surface area (TPSA) is 55.1 Å². The van der Waals surface area contributed by atoms with Gasteiger partial charge in [-0.25, -0.2) is 0 Å². The minimum absolute atomic E-state index is 0.140. The number of rotatable bonds is 4. The SMILES string of the molecule is Cc1cc(SCC(=O)Nc2cccc(Cl)c2Cl)ccc1N. The Morgan fingerprint density at radius 2 is 2.05 bits per heavy atom. The first-order valence-corrected chi connectivity index (χ1v) is 7.94. The number of benzene rings is 2. The van der Waals surface area contributed by atoms with Crippen LogP contribution in [0.1, 0.15) is 5.56 Å². The summed E-state index contributed by atoms with van der Waals surface area (Å²) in [5.41, 5.74) is 8.02. The number of amides is 1. The molecule has 110 valence electrons. The molecule has 0 fully saturated rings. The van der Waals surface area contributed by atoms with Crippen molar-refractivity contribution < 1.29 is 4.79 Å². The van der Waals surface area contributed by atoms with E-state index in [1.165, 1.54) is 11.8 Å². The Labute approximate surface area is 137 Å². The number of nitrogens with two attached hydrogens (primary N) is 1. The minimum Gasteiger partial charge on any atom is -0.399 e. The van der Waals surface area contributed by atoms with Crippen molar-refractivity contribution in [3.05, 3.63) is 52.0 Å². The normalized spacial score (nSPS) is 10.4. The summed E-state index contributed by atoms with van der Waals surface area (Å²) < 4.78 is 0. The van der Waals surface area contributed by atoms with Gasteiger partial charge in [0.05, 0.1) is 21.5 Å².